The lowest BCUT2D eigenvalue weighted by molar-refractivity contribution is -0.129. The topological polar surface area (TPSA) is 40.5 Å². The molecule has 0 aliphatic carbocycles. The second-order valence-electron chi connectivity index (χ2n) is 3.48. The van der Waals surface area contributed by atoms with Gasteiger partial charge in [0, 0.05) is 13.6 Å². The Labute approximate surface area is 97.8 Å². The van der Waals surface area contributed by atoms with Crippen LogP contribution in [0.5, 0.6) is 5.75 Å². The minimum Gasteiger partial charge on any atom is -0.508 e. The minimum absolute atomic E-state index is 0.0445. The smallest absolute Gasteiger partial charge is 0.236 e. The Hall–Kier alpha value is -1.03. The summed E-state index contributed by atoms with van der Waals surface area (Å²) in [4.78, 5) is 13.0. The Kier molecular flexibility index (Phi) is 4.15. The van der Waals surface area contributed by atoms with Crippen LogP contribution < -0.4 is 0 Å². The molecular weight excluding hydrogens is 258 g/mol. The monoisotopic (exact) mass is 271 g/mol. The third-order valence-corrected chi connectivity index (χ3v) is 2.46. The fourth-order valence-corrected chi connectivity index (χ4v) is 1.61. The zero-order chi connectivity index (χ0) is 11.4. The lowest BCUT2D eigenvalue weighted by Crippen LogP contribution is -2.31. The van der Waals surface area contributed by atoms with Crippen molar-refractivity contribution >= 4 is 21.8 Å². The van der Waals surface area contributed by atoms with Gasteiger partial charge in [0.05, 0.1) is 4.83 Å². The first kappa shape index (κ1) is 12.0. The summed E-state index contributed by atoms with van der Waals surface area (Å²) in [5.74, 6) is 0.282. The maximum absolute atomic E-state index is 11.5. The average molecular weight is 272 g/mol. The van der Waals surface area contributed by atoms with E-state index in [1.807, 2.05) is 0 Å². The molecule has 82 valence electrons. The summed E-state index contributed by atoms with van der Waals surface area (Å²) in [6, 6.07) is 6.84. The van der Waals surface area contributed by atoms with Crippen molar-refractivity contribution in [2.75, 3.05) is 7.05 Å². The van der Waals surface area contributed by atoms with E-state index in [1.165, 1.54) is 0 Å². The van der Waals surface area contributed by atoms with Gasteiger partial charge in [0.2, 0.25) is 5.91 Å². The van der Waals surface area contributed by atoms with Crippen LogP contribution in [0.4, 0.5) is 0 Å². The minimum atomic E-state index is -0.167. The van der Waals surface area contributed by atoms with Crippen LogP contribution in [-0.2, 0) is 11.3 Å². The molecule has 0 aliphatic heterocycles. The second kappa shape index (κ2) is 5.16. The van der Waals surface area contributed by atoms with E-state index in [4.69, 9.17) is 5.11 Å². The molecule has 0 saturated heterocycles. The highest BCUT2D eigenvalue weighted by Crippen LogP contribution is 2.12. The number of halogens is 1. The molecule has 0 saturated carbocycles. The Morgan fingerprint density at radius 2 is 2.00 bits per heavy atom. The summed E-state index contributed by atoms with van der Waals surface area (Å²) in [6.07, 6.45) is 0. The van der Waals surface area contributed by atoms with Crippen LogP contribution >= 0.6 is 15.9 Å². The van der Waals surface area contributed by atoms with Crippen LogP contribution in [0.1, 0.15) is 12.5 Å². The lowest BCUT2D eigenvalue weighted by atomic mass is 10.2. The molecule has 1 aromatic carbocycles. The molecule has 1 unspecified atom stereocenters. The maximum Gasteiger partial charge on any atom is 0.236 e. The number of hydrogen-bond acceptors (Lipinski definition) is 2. The number of carbonyl (C=O) groups excluding carboxylic acids is 1. The molecule has 1 amide bonds. The maximum atomic E-state index is 11.5. The van der Waals surface area contributed by atoms with Crippen molar-refractivity contribution in [3.63, 3.8) is 0 Å². The summed E-state index contributed by atoms with van der Waals surface area (Å²) in [7, 11) is 1.76. The number of phenolic OH excluding ortho intramolecular Hbond substituents is 1. The molecule has 0 fully saturated rings. The van der Waals surface area contributed by atoms with E-state index < -0.39 is 0 Å². The normalized spacial score (nSPS) is 12.2. The molecule has 4 heteroatoms. The summed E-state index contributed by atoms with van der Waals surface area (Å²) in [5.41, 5.74) is 0.997. The van der Waals surface area contributed by atoms with E-state index >= 15 is 0 Å². The van der Waals surface area contributed by atoms with Gasteiger partial charge in [-0.15, -0.1) is 0 Å². The number of hydrogen-bond donors (Lipinski definition) is 1. The molecule has 0 aliphatic rings. The van der Waals surface area contributed by atoms with Crippen molar-refractivity contribution < 1.29 is 9.90 Å². The van der Waals surface area contributed by atoms with Crippen LogP contribution in [0.2, 0.25) is 0 Å². The fourth-order valence-electron chi connectivity index (χ4n) is 1.26. The summed E-state index contributed by atoms with van der Waals surface area (Å²) >= 11 is 3.23. The van der Waals surface area contributed by atoms with Crippen LogP contribution in [0.15, 0.2) is 24.3 Å². The van der Waals surface area contributed by atoms with Gasteiger partial charge in [-0.1, -0.05) is 28.1 Å². The molecule has 1 N–H and O–H groups in total. The lowest BCUT2D eigenvalue weighted by Gasteiger charge is -2.18. The fraction of sp³-hybridized carbons (Fsp3) is 0.364. The average Bonchev–Trinajstić information content (AvgIpc) is 2.20. The number of carbonyl (C=O) groups is 1. The zero-order valence-electron chi connectivity index (χ0n) is 8.77. The van der Waals surface area contributed by atoms with Gasteiger partial charge in [0.1, 0.15) is 5.75 Å². The van der Waals surface area contributed by atoms with E-state index in [1.54, 1.807) is 43.1 Å². The number of phenols is 1. The van der Waals surface area contributed by atoms with Crippen LogP contribution in [0, 0.1) is 0 Å². The number of rotatable bonds is 3. The zero-order valence-corrected chi connectivity index (χ0v) is 10.4. The number of nitrogens with zero attached hydrogens (tertiary/aromatic N) is 1. The molecule has 0 bridgehead atoms. The Bertz CT molecular complexity index is 335. The first-order chi connectivity index (χ1) is 7.00. The molecule has 0 spiro atoms. The first-order valence-corrected chi connectivity index (χ1v) is 5.59. The Balaban J connectivity index is 2.62. The molecule has 15 heavy (non-hydrogen) atoms. The standard InChI is InChI=1S/C11H14BrNO2/c1-8(12)11(15)13(2)7-9-3-5-10(14)6-4-9/h3-6,8,14H,7H2,1-2H3. The van der Waals surface area contributed by atoms with E-state index in [-0.39, 0.29) is 16.5 Å². The van der Waals surface area contributed by atoms with Gasteiger partial charge in [-0.2, -0.15) is 0 Å². The van der Waals surface area contributed by atoms with Gasteiger partial charge in [-0.3, -0.25) is 4.79 Å². The highest BCUT2D eigenvalue weighted by Gasteiger charge is 2.14. The molecule has 1 atom stereocenters. The highest BCUT2D eigenvalue weighted by atomic mass is 79.9. The molecular formula is C11H14BrNO2. The van der Waals surface area contributed by atoms with E-state index in [9.17, 15) is 4.79 Å². The molecule has 0 radical (unpaired) electrons. The predicted molar refractivity (Wildman–Crippen MR) is 63.0 cm³/mol. The van der Waals surface area contributed by atoms with E-state index in [0.717, 1.165) is 5.56 Å². The molecule has 3 nitrogen and oxygen atoms in total. The quantitative estimate of drug-likeness (QED) is 0.856. The van der Waals surface area contributed by atoms with Crippen molar-refractivity contribution in [3.05, 3.63) is 29.8 Å². The second-order valence-corrected chi connectivity index (χ2v) is 4.85. The number of aromatic hydroxyl groups is 1. The highest BCUT2D eigenvalue weighted by molar-refractivity contribution is 9.10. The predicted octanol–water partition coefficient (Wildman–Crippen LogP) is 2.13. The number of benzene rings is 1. The summed E-state index contributed by atoms with van der Waals surface area (Å²) in [6.45, 7) is 2.35. The van der Waals surface area contributed by atoms with Gasteiger partial charge in [-0.25, -0.2) is 0 Å². The van der Waals surface area contributed by atoms with Crippen molar-refractivity contribution in [1.29, 1.82) is 0 Å². The molecule has 0 heterocycles. The van der Waals surface area contributed by atoms with Crippen molar-refractivity contribution in [2.24, 2.45) is 0 Å². The van der Waals surface area contributed by atoms with Gasteiger partial charge >= 0.3 is 0 Å². The van der Waals surface area contributed by atoms with Gasteiger partial charge < -0.3 is 10.0 Å². The number of alkyl halides is 1. The molecule has 1 aromatic rings. The summed E-state index contributed by atoms with van der Waals surface area (Å²) in [5, 5.41) is 9.10. The third-order valence-electron chi connectivity index (χ3n) is 2.07. The summed E-state index contributed by atoms with van der Waals surface area (Å²) < 4.78 is 0. The van der Waals surface area contributed by atoms with Crippen molar-refractivity contribution in [2.45, 2.75) is 18.3 Å². The molecule has 0 aromatic heterocycles. The van der Waals surface area contributed by atoms with E-state index in [0.29, 0.717) is 6.54 Å². The Morgan fingerprint density at radius 3 is 2.47 bits per heavy atom. The van der Waals surface area contributed by atoms with Crippen molar-refractivity contribution in [1.82, 2.24) is 4.90 Å². The van der Waals surface area contributed by atoms with Crippen LogP contribution in [-0.4, -0.2) is 27.8 Å². The third kappa shape index (κ3) is 3.55. The van der Waals surface area contributed by atoms with Crippen molar-refractivity contribution in [3.8, 4) is 5.75 Å². The number of amides is 1. The first-order valence-electron chi connectivity index (χ1n) is 4.67. The molecule has 1 rings (SSSR count). The van der Waals surface area contributed by atoms with Gasteiger partial charge in [0.25, 0.3) is 0 Å². The van der Waals surface area contributed by atoms with E-state index in [2.05, 4.69) is 15.9 Å². The Morgan fingerprint density at radius 1 is 1.47 bits per heavy atom. The van der Waals surface area contributed by atoms with Crippen LogP contribution in [0.25, 0.3) is 0 Å². The van der Waals surface area contributed by atoms with Crippen LogP contribution in [0.3, 0.4) is 0 Å². The van der Waals surface area contributed by atoms with Gasteiger partial charge in [-0.05, 0) is 24.6 Å². The van der Waals surface area contributed by atoms with Gasteiger partial charge in [0.15, 0.2) is 0 Å². The largest absolute Gasteiger partial charge is 0.508 e. The SMILES string of the molecule is CC(Br)C(=O)N(C)Cc1ccc(O)cc1.